The minimum atomic E-state index is -2.96. The highest BCUT2D eigenvalue weighted by molar-refractivity contribution is 7.91. The second-order valence-electron chi connectivity index (χ2n) is 5.65. The van der Waals surface area contributed by atoms with E-state index in [-0.39, 0.29) is 35.9 Å². The monoisotopic (exact) mass is 302 g/mol. The molecule has 6 nitrogen and oxygen atoms in total. The van der Waals surface area contributed by atoms with Gasteiger partial charge in [0.25, 0.3) is 0 Å². The first-order valence-electron chi connectivity index (χ1n) is 7.16. The molecule has 2 aliphatic rings. The summed E-state index contributed by atoms with van der Waals surface area (Å²) in [5.41, 5.74) is -0.814. The van der Waals surface area contributed by atoms with Crippen LogP contribution in [0.3, 0.4) is 0 Å². The topological polar surface area (TPSA) is 83.6 Å². The van der Waals surface area contributed by atoms with Crippen LogP contribution in [0.15, 0.2) is 0 Å². The number of amides is 2. The third kappa shape index (κ3) is 2.68. The SMILES string of the molecule is CCC1(CC)NC(=O)CN(C2CCS(=O)(=O)CC2)C1=O. The largest absolute Gasteiger partial charge is 0.340 e. The van der Waals surface area contributed by atoms with Crippen LogP contribution in [0.1, 0.15) is 39.5 Å². The molecule has 0 spiro atoms. The summed E-state index contributed by atoms with van der Waals surface area (Å²) in [5.74, 6) is -0.00375. The average molecular weight is 302 g/mol. The van der Waals surface area contributed by atoms with E-state index < -0.39 is 15.4 Å². The van der Waals surface area contributed by atoms with E-state index in [1.54, 1.807) is 4.90 Å². The van der Waals surface area contributed by atoms with Crippen molar-refractivity contribution in [2.75, 3.05) is 18.1 Å². The van der Waals surface area contributed by atoms with Crippen LogP contribution in [0.5, 0.6) is 0 Å². The fourth-order valence-electron chi connectivity index (χ4n) is 3.07. The number of rotatable bonds is 3. The van der Waals surface area contributed by atoms with E-state index in [0.717, 1.165) is 0 Å². The molecule has 0 aromatic rings. The highest BCUT2D eigenvalue weighted by Gasteiger charge is 2.46. The summed E-state index contributed by atoms with van der Waals surface area (Å²) in [6.07, 6.45) is 1.97. The molecule has 0 radical (unpaired) electrons. The van der Waals surface area contributed by atoms with Crippen molar-refractivity contribution in [3.8, 4) is 0 Å². The van der Waals surface area contributed by atoms with Crippen molar-refractivity contribution in [3.05, 3.63) is 0 Å². The maximum Gasteiger partial charge on any atom is 0.249 e. The molecule has 2 saturated heterocycles. The summed E-state index contributed by atoms with van der Waals surface area (Å²) in [5, 5.41) is 2.82. The maximum atomic E-state index is 12.7. The Hall–Kier alpha value is -1.11. The Morgan fingerprint density at radius 2 is 1.75 bits per heavy atom. The summed E-state index contributed by atoms with van der Waals surface area (Å²) >= 11 is 0. The number of carbonyl (C=O) groups is 2. The quantitative estimate of drug-likeness (QED) is 0.800. The molecule has 2 amide bonds. The van der Waals surface area contributed by atoms with Crippen molar-refractivity contribution in [2.45, 2.75) is 51.1 Å². The average Bonchev–Trinajstić information content (AvgIpc) is 2.41. The van der Waals surface area contributed by atoms with E-state index in [9.17, 15) is 18.0 Å². The Morgan fingerprint density at radius 3 is 2.25 bits per heavy atom. The zero-order valence-electron chi connectivity index (χ0n) is 12.0. The fraction of sp³-hybridized carbons (Fsp3) is 0.846. The number of sulfone groups is 1. The van der Waals surface area contributed by atoms with Gasteiger partial charge in [-0.25, -0.2) is 8.42 Å². The van der Waals surface area contributed by atoms with Crippen LogP contribution in [0, 0.1) is 0 Å². The van der Waals surface area contributed by atoms with Gasteiger partial charge in [-0.15, -0.1) is 0 Å². The molecule has 2 aliphatic heterocycles. The van der Waals surface area contributed by atoms with Crippen LogP contribution < -0.4 is 5.32 Å². The second kappa shape index (κ2) is 5.35. The van der Waals surface area contributed by atoms with E-state index in [1.165, 1.54) is 0 Å². The summed E-state index contributed by atoms with van der Waals surface area (Å²) in [6.45, 7) is 3.82. The van der Waals surface area contributed by atoms with Crippen molar-refractivity contribution in [2.24, 2.45) is 0 Å². The van der Waals surface area contributed by atoms with Gasteiger partial charge in [0.05, 0.1) is 18.1 Å². The van der Waals surface area contributed by atoms with Crippen LogP contribution in [-0.4, -0.2) is 54.8 Å². The third-order valence-electron chi connectivity index (χ3n) is 4.53. The zero-order valence-corrected chi connectivity index (χ0v) is 12.8. The molecule has 2 heterocycles. The Balaban J connectivity index is 2.19. The minimum Gasteiger partial charge on any atom is -0.340 e. The lowest BCUT2D eigenvalue weighted by atomic mass is 9.87. The van der Waals surface area contributed by atoms with Crippen molar-refractivity contribution in [3.63, 3.8) is 0 Å². The molecule has 114 valence electrons. The fourth-order valence-corrected chi connectivity index (χ4v) is 4.54. The molecule has 0 aliphatic carbocycles. The molecule has 0 bridgehead atoms. The molecule has 0 unspecified atom stereocenters. The van der Waals surface area contributed by atoms with Crippen LogP contribution in [0.4, 0.5) is 0 Å². The first-order valence-corrected chi connectivity index (χ1v) is 8.98. The van der Waals surface area contributed by atoms with Gasteiger partial charge in [0, 0.05) is 6.04 Å². The number of nitrogens with one attached hydrogen (secondary N) is 1. The van der Waals surface area contributed by atoms with Crippen molar-refractivity contribution in [1.82, 2.24) is 10.2 Å². The van der Waals surface area contributed by atoms with Gasteiger partial charge in [-0.05, 0) is 25.7 Å². The van der Waals surface area contributed by atoms with Gasteiger partial charge in [0.1, 0.15) is 15.4 Å². The van der Waals surface area contributed by atoms with Crippen molar-refractivity contribution < 1.29 is 18.0 Å². The van der Waals surface area contributed by atoms with Gasteiger partial charge < -0.3 is 10.2 Å². The second-order valence-corrected chi connectivity index (χ2v) is 7.96. The molecule has 0 aromatic heterocycles. The Bertz CT molecular complexity index is 496. The van der Waals surface area contributed by atoms with E-state index in [4.69, 9.17) is 0 Å². The molecule has 0 saturated carbocycles. The van der Waals surface area contributed by atoms with E-state index in [2.05, 4.69) is 5.32 Å². The van der Waals surface area contributed by atoms with Gasteiger partial charge >= 0.3 is 0 Å². The lowest BCUT2D eigenvalue weighted by Gasteiger charge is -2.45. The zero-order chi connectivity index (χ0) is 15.0. The number of nitrogens with zero attached hydrogens (tertiary/aromatic N) is 1. The predicted molar refractivity (Wildman–Crippen MR) is 74.8 cm³/mol. The molecular formula is C13H22N2O4S. The minimum absolute atomic E-state index is 0.0469. The van der Waals surface area contributed by atoms with Crippen LogP contribution in [-0.2, 0) is 19.4 Å². The number of hydrogen-bond acceptors (Lipinski definition) is 4. The number of carbonyl (C=O) groups excluding carboxylic acids is 2. The molecule has 0 aromatic carbocycles. The molecule has 2 fully saturated rings. The first kappa shape index (κ1) is 15.3. The normalized spacial score (nSPS) is 26.4. The van der Waals surface area contributed by atoms with Gasteiger partial charge in [-0.3, -0.25) is 9.59 Å². The van der Waals surface area contributed by atoms with Crippen molar-refractivity contribution >= 4 is 21.7 Å². The smallest absolute Gasteiger partial charge is 0.249 e. The lowest BCUT2D eigenvalue weighted by molar-refractivity contribution is -0.153. The lowest BCUT2D eigenvalue weighted by Crippen LogP contribution is -2.68. The Kier molecular flexibility index (Phi) is 4.09. The summed E-state index contributed by atoms with van der Waals surface area (Å²) < 4.78 is 23.0. The van der Waals surface area contributed by atoms with Gasteiger partial charge in [0.2, 0.25) is 11.8 Å². The Labute approximate surface area is 119 Å². The summed E-state index contributed by atoms with van der Waals surface area (Å²) in [7, 11) is -2.96. The highest BCUT2D eigenvalue weighted by Crippen LogP contribution is 2.27. The summed E-state index contributed by atoms with van der Waals surface area (Å²) in [6, 6.07) is -0.130. The summed E-state index contributed by atoms with van der Waals surface area (Å²) in [4.78, 5) is 26.2. The van der Waals surface area contributed by atoms with Gasteiger partial charge in [-0.2, -0.15) is 0 Å². The van der Waals surface area contributed by atoms with Crippen LogP contribution in [0.2, 0.25) is 0 Å². The van der Waals surface area contributed by atoms with Gasteiger partial charge in [-0.1, -0.05) is 13.8 Å². The van der Waals surface area contributed by atoms with E-state index in [1.807, 2.05) is 13.8 Å². The third-order valence-corrected chi connectivity index (χ3v) is 6.25. The van der Waals surface area contributed by atoms with Gasteiger partial charge in [0.15, 0.2) is 0 Å². The number of hydrogen-bond donors (Lipinski definition) is 1. The maximum absolute atomic E-state index is 12.7. The van der Waals surface area contributed by atoms with E-state index in [0.29, 0.717) is 25.7 Å². The van der Waals surface area contributed by atoms with E-state index >= 15 is 0 Å². The van der Waals surface area contributed by atoms with Crippen molar-refractivity contribution in [1.29, 1.82) is 0 Å². The highest BCUT2D eigenvalue weighted by atomic mass is 32.2. The molecule has 0 atom stereocenters. The van der Waals surface area contributed by atoms with Crippen LogP contribution in [0.25, 0.3) is 0 Å². The standard InChI is InChI=1S/C13H22N2O4S/c1-3-13(4-2)12(17)15(9-11(16)14-13)10-5-7-20(18,19)8-6-10/h10H,3-9H2,1-2H3,(H,14,16). The van der Waals surface area contributed by atoms with Crippen LogP contribution >= 0.6 is 0 Å². The molecule has 1 N–H and O–H groups in total. The molecular weight excluding hydrogens is 280 g/mol. The Morgan fingerprint density at radius 1 is 1.20 bits per heavy atom. The first-order chi connectivity index (χ1) is 9.33. The number of piperazine rings is 1. The molecule has 7 heteroatoms. The molecule has 20 heavy (non-hydrogen) atoms. The predicted octanol–water partition coefficient (Wildman–Crippen LogP) is 0.0808. The molecule has 2 rings (SSSR count).